The van der Waals surface area contributed by atoms with E-state index in [0.29, 0.717) is 6.42 Å². The van der Waals surface area contributed by atoms with Crippen LogP contribution < -0.4 is 5.32 Å². The number of hydrogen-bond acceptors (Lipinski definition) is 3. The van der Waals surface area contributed by atoms with Crippen LogP contribution in [-0.4, -0.2) is 25.0 Å². The molecule has 0 radical (unpaired) electrons. The summed E-state index contributed by atoms with van der Waals surface area (Å²) in [5.41, 5.74) is -0.0545. The normalized spacial score (nSPS) is 13.4. The largest absolute Gasteiger partial charge is 0.467 e. The molecule has 4 nitrogen and oxygen atoms in total. The van der Waals surface area contributed by atoms with Crippen molar-refractivity contribution in [2.24, 2.45) is 5.92 Å². The SMILES string of the molecule is CC[C@@H](C)[C@H](NC(=O)c1ccc(F)c(F)c1)C(=O)OC. The number of carbonyl (C=O) groups is 2. The Morgan fingerprint density at radius 1 is 1.30 bits per heavy atom. The van der Waals surface area contributed by atoms with E-state index in [1.807, 2.05) is 6.92 Å². The van der Waals surface area contributed by atoms with E-state index in [4.69, 9.17) is 0 Å². The van der Waals surface area contributed by atoms with Crippen LogP contribution in [0.4, 0.5) is 8.78 Å². The maximum Gasteiger partial charge on any atom is 0.328 e. The highest BCUT2D eigenvalue weighted by molar-refractivity contribution is 5.96. The first-order chi connectivity index (χ1) is 9.40. The van der Waals surface area contributed by atoms with Gasteiger partial charge in [-0.3, -0.25) is 4.79 Å². The Morgan fingerprint density at radius 3 is 2.45 bits per heavy atom. The van der Waals surface area contributed by atoms with E-state index in [2.05, 4.69) is 10.1 Å². The lowest BCUT2D eigenvalue weighted by Crippen LogP contribution is -2.45. The number of nitrogens with one attached hydrogen (secondary N) is 1. The third-order valence-electron chi connectivity index (χ3n) is 3.14. The van der Waals surface area contributed by atoms with Gasteiger partial charge in [0.25, 0.3) is 5.91 Å². The molecule has 0 unspecified atom stereocenters. The van der Waals surface area contributed by atoms with Crippen LogP contribution >= 0.6 is 0 Å². The second kappa shape index (κ2) is 6.98. The summed E-state index contributed by atoms with van der Waals surface area (Å²) in [5, 5.41) is 2.48. The minimum Gasteiger partial charge on any atom is -0.467 e. The molecule has 1 rings (SSSR count). The number of esters is 1. The maximum atomic E-state index is 13.1. The third-order valence-corrected chi connectivity index (χ3v) is 3.14. The summed E-state index contributed by atoms with van der Waals surface area (Å²) < 4.78 is 30.5. The summed E-state index contributed by atoms with van der Waals surface area (Å²) in [4.78, 5) is 23.6. The predicted molar refractivity (Wildman–Crippen MR) is 69.1 cm³/mol. The van der Waals surface area contributed by atoms with Crippen molar-refractivity contribution in [2.45, 2.75) is 26.3 Å². The summed E-state index contributed by atoms with van der Waals surface area (Å²) in [5.74, 6) is -3.52. The molecule has 110 valence electrons. The fourth-order valence-electron chi connectivity index (χ4n) is 1.66. The summed E-state index contributed by atoms with van der Waals surface area (Å²) in [6, 6.07) is 1.97. The van der Waals surface area contributed by atoms with Gasteiger partial charge >= 0.3 is 5.97 Å². The second-order valence-electron chi connectivity index (χ2n) is 4.49. The molecule has 2 atom stereocenters. The highest BCUT2D eigenvalue weighted by Gasteiger charge is 2.27. The first-order valence-corrected chi connectivity index (χ1v) is 6.24. The minimum atomic E-state index is -1.11. The molecule has 0 saturated carbocycles. The van der Waals surface area contributed by atoms with Gasteiger partial charge in [0.2, 0.25) is 0 Å². The summed E-state index contributed by atoms with van der Waals surface area (Å²) in [7, 11) is 1.22. The van der Waals surface area contributed by atoms with Crippen molar-refractivity contribution >= 4 is 11.9 Å². The van der Waals surface area contributed by atoms with Crippen LogP contribution in [0, 0.1) is 17.6 Å². The molecule has 0 spiro atoms. The van der Waals surface area contributed by atoms with Crippen molar-refractivity contribution in [3.8, 4) is 0 Å². The highest BCUT2D eigenvalue weighted by Crippen LogP contribution is 2.12. The Bertz CT molecular complexity index is 505. The predicted octanol–water partition coefficient (Wildman–Crippen LogP) is 2.28. The van der Waals surface area contributed by atoms with E-state index in [-0.39, 0.29) is 11.5 Å². The van der Waals surface area contributed by atoms with Gasteiger partial charge in [0.15, 0.2) is 11.6 Å². The Kier molecular flexibility index (Phi) is 5.61. The number of benzene rings is 1. The van der Waals surface area contributed by atoms with Gasteiger partial charge in [-0.15, -0.1) is 0 Å². The quantitative estimate of drug-likeness (QED) is 0.844. The van der Waals surface area contributed by atoms with Crippen LogP contribution in [0.15, 0.2) is 18.2 Å². The molecule has 1 aromatic rings. The van der Waals surface area contributed by atoms with Crippen LogP contribution in [-0.2, 0) is 9.53 Å². The minimum absolute atomic E-state index is 0.0545. The lowest BCUT2D eigenvalue weighted by atomic mass is 9.99. The molecule has 0 aliphatic rings. The van der Waals surface area contributed by atoms with Gasteiger partial charge in [-0.25, -0.2) is 13.6 Å². The molecule has 0 heterocycles. The molecule has 20 heavy (non-hydrogen) atoms. The lowest BCUT2D eigenvalue weighted by molar-refractivity contribution is -0.144. The Labute approximate surface area is 116 Å². The summed E-state index contributed by atoms with van der Waals surface area (Å²) in [6.45, 7) is 3.65. The van der Waals surface area contributed by atoms with E-state index in [0.717, 1.165) is 18.2 Å². The smallest absolute Gasteiger partial charge is 0.328 e. The van der Waals surface area contributed by atoms with Crippen molar-refractivity contribution in [3.63, 3.8) is 0 Å². The van der Waals surface area contributed by atoms with Gasteiger partial charge < -0.3 is 10.1 Å². The second-order valence-corrected chi connectivity index (χ2v) is 4.49. The Balaban J connectivity index is 2.90. The first-order valence-electron chi connectivity index (χ1n) is 6.24. The number of carbonyl (C=O) groups excluding carboxylic acids is 2. The monoisotopic (exact) mass is 285 g/mol. The van der Waals surface area contributed by atoms with Crippen molar-refractivity contribution in [1.82, 2.24) is 5.32 Å². The number of halogens is 2. The lowest BCUT2D eigenvalue weighted by Gasteiger charge is -2.21. The average Bonchev–Trinajstić information content (AvgIpc) is 2.45. The Hall–Kier alpha value is -1.98. The number of methoxy groups -OCH3 is 1. The van der Waals surface area contributed by atoms with E-state index >= 15 is 0 Å². The Morgan fingerprint density at radius 2 is 1.95 bits per heavy atom. The number of ether oxygens (including phenoxy) is 1. The molecular formula is C14H17F2NO3. The van der Waals surface area contributed by atoms with E-state index in [9.17, 15) is 18.4 Å². The molecule has 1 aromatic carbocycles. The summed E-state index contributed by atoms with van der Waals surface area (Å²) in [6.07, 6.45) is 0.651. The van der Waals surface area contributed by atoms with Crippen LogP contribution in [0.5, 0.6) is 0 Å². The van der Waals surface area contributed by atoms with Gasteiger partial charge in [-0.1, -0.05) is 20.3 Å². The van der Waals surface area contributed by atoms with Crippen molar-refractivity contribution in [3.05, 3.63) is 35.4 Å². The fraction of sp³-hybridized carbons (Fsp3) is 0.429. The topological polar surface area (TPSA) is 55.4 Å². The van der Waals surface area contributed by atoms with Gasteiger partial charge in [0.05, 0.1) is 7.11 Å². The first kappa shape index (κ1) is 16.1. The summed E-state index contributed by atoms with van der Waals surface area (Å²) >= 11 is 0. The maximum absolute atomic E-state index is 13.1. The van der Waals surface area contributed by atoms with Gasteiger partial charge in [-0.05, 0) is 24.1 Å². The van der Waals surface area contributed by atoms with E-state index in [1.165, 1.54) is 7.11 Å². The third kappa shape index (κ3) is 3.76. The zero-order chi connectivity index (χ0) is 15.3. The standard InChI is InChI=1S/C14H17F2NO3/c1-4-8(2)12(14(19)20-3)17-13(18)9-5-6-10(15)11(16)7-9/h5-8,12H,4H2,1-3H3,(H,17,18)/t8-,12+/m1/s1. The van der Waals surface area contributed by atoms with Crippen LogP contribution in [0.1, 0.15) is 30.6 Å². The molecule has 0 aliphatic carbocycles. The van der Waals surface area contributed by atoms with Crippen molar-refractivity contribution in [1.29, 1.82) is 0 Å². The van der Waals surface area contributed by atoms with Gasteiger partial charge in [-0.2, -0.15) is 0 Å². The average molecular weight is 285 g/mol. The molecule has 0 aliphatic heterocycles. The fourth-order valence-corrected chi connectivity index (χ4v) is 1.66. The number of rotatable bonds is 5. The molecule has 1 N–H and O–H groups in total. The van der Waals surface area contributed by atoms with E-state index in [1.54, 1.807) is 6.92 Å². The number of amides is 1. The van der Waals surface area contributed by atoms with E-state index < -0.39 is 29.6 Å². The van der Waals surface area contributed by atoms with Gasteiger partial charge in [0.1, 0.15) is 6.04 Å². The zero-order valence-electron chi connectivity index (χ0n) is 11.6. The molecule has 0 bridgehead atoms. The highest BCUT2D eigenvalue weighted by atomic mass is 19.2. The van der Waals surface area contributed by atoms with Crippen LogP contribution in [0.2, 0.25) is 0 Å². The van der Waals surface area contributed by atoms with Crippen molar-refractivity contribution < 1.29 is 23.1 Å². The van der Waals surface area contributed by atoms with Crippen molar-refractivity contribution in [2.75, 3.05) is 7.11 Å². The molecule has 0 fully saturated rings. The molecule has 6 heteroatoms. The van der Waals surface area contributed by atoms with Crippen LogP contribution in [0.25, 0.3) is 0 Å². The molecular weight excluding hydrogens is 268 g/mol. The van der Waals surface area contributed by atoms with Crippen LogP contribution in [0.3, 0.4) is 0 Å². The number of hydrogen-bond donors (Lipinski definition) is 1. The molecule has 0 saturated heterocycles. The molecule has 0 aromatic heterocycles. The molecule has 1 amide bonds. The van der Waals surface area contributed by atoms with Gasteiger partial charge in [0, 0.05) is 5.56 Å². The zero-order valence-corrected chi connectivity index (χ0v) is 11.6.